The van der Waals surface area contributed by atoms with Gasteiger partial charge in [0.05, 0.1) is 19.1 Å². The van der Waals surface area contributed by atoms with Gasteiger partial charge in [0.2, 0.25) is 0 Å². The summed E-state index contributed by atoms with van der Waals surface area (Å²) < 4.78 is 11.3. The van der Waals surface area contributed by atoms with Gasteiger partial charge in [-0.05, 0) is 85.5 Å². The molecule has 2 aromatic carbocycles. The Kier molecular flexibility index (Phi) is 7.99. The highest BCUT2D eigenvalue weighted by Crippen LogP contribution is 2.39. The predicted octanol–water partition coefficient (Wildman–Crippen LogP) is 6.21. The van der Waals surface area contributed by atoms with E-state index in [1.165, 1.54) is 29.2 Å². The van der Waals surface area contributed by atoms with Gasteiger partial charge in [-0.2, -0.15) is 0 Å². The molecular formula is C27H39NO3. The summed E-state index contributed by atoms with van der Waals surface area (Å²) >= 11 is 0. The summed E-state index contributed by atoms with van der Waals surface area (Å²) in [6.45, 7) is 10.9. The first-order valence-corrected chi connectivity index (χ1v) is 11.8. The quantitative estimate of drug-likeness (QED) is 0.471. The van der Waals surface area contributed by atoms with E-state index in [1.54, 1.807) is 0 Å². The van der Waals surface area contributed by atoms with Gasteiger partial charge in [0.15, 0.2) is 0 Å². The monoisotopic (exact) mass is 425 g/mol. The number of benzene rings is 2. The Morgan fingerprint density at radius 1 is 1.03 bits per heavy atom. The fourth-order valence-electron chi connectivity index (χ4n) is 4.59. The molecule has 0 radical (unpaired) electrons. The van der Waals surface area contributed by atoms with E-state index in [4.69, 9.17) is 9.47 Å². The molecular weight excluding hydrogens is 386 g/mol. The maximum atomic E-state index is 11.5. The molecule has 2 aromatic rings. The lowest BCUT2D eigenvalue weighted by Crippen LogP contribution is -2.30. The van der Waals surface area contributed by atoms with Crippen LogP contribution in [-0.2, 0) is 16.1 Å². The van der Waals surface area contributed by atoms with E-state index in [-0.39, 0.29) is 5.97 Å². The maximum Gasteiger partial charge on any atom is 0.307 e. The van der Waals surface area contributed by atoms with Crippen LogP contribution in [0.4, 0.5) is 0 Å². The second kappa shape index (κ2) is 10.5. The molecule has 1 fully saturated rings. The number of ether oxygens (including phenoxy) is 2. The minimum Gasteiger partial charge on any atom is -0.490 e. The molecule has 0 amide bonds. The van der Waals surface area contributed by atoms with Gasteiger partial charge < -0.3 is 14.4 Å². The molecule has 0 aromatic heterocycles. The van der Waals surface area contributed by atoms with Crippen LogP contribution >= 0.6 is 0 Å². The van der Waals surface area contributed by atoms with E-state index in [0.29, 0.717) is 31.1 Å². The van der Waals surface area contributed by atoms with Crippen LogP contribution in [0.1, 0.15) is 65.4 Å². The summed E-state index contributed by atoms with van der Waals surface area (Å²) in [4.78, 5) is 13.7. The summed E-state index contributed by atoms with van der Waals surface area (Å²) in [6.07, 6.45) is 5.58. The number of carbonyl (C=O) groups is 1. The van der Waals surface area contributed by atoms with Crippen LogP contribution in [0, 0.1) is 11.3 Å². The number of nitrogens with zero attached hydrogens (tertiary/aromatic N) is 1. The Morgan fingerprint density at radius 2 is 1.71 bits per heavy atom. The van der Waals surface area contributed by atoms with Crippen molar-refractivity contribution in [3.8, 4) is 5.75 Å². The molecule has 1 saturated carbocycles. The Balaban J connectivity index is 1.55. The van der Waals surface area contributed by atoms with Gasteiger partial charge in [-0.25, -0.2) is 0 Å². The number of carbonyl (C=O) groups excluding carboxylic acids is 1. The van der Waals surface area contributed by atoms with Crippen molar-refractivity contribution in [2.45, 2.75) is 72.4 Å². The van der Waals surface area contributed by atoms with Gasteiger partial charge in [0.1, 0.15) is 5.75 Å². The lowest BCUT2D eigenvalue weighted by Gasteiger charge is -2.37. The lowest BCUT2D eigenvalue weighted by atomic mass is 9.72. The third-order valence-electron chi connectivity index (χ3n) is 6.53. The van der Waals surface area contributed by atoms with Crippen molar-refractivity contribution in [3.05, 3.63) is 42.0 Å². The maximum absolute atomic E-state index is 11.5. The topological polar surface area (TPSA) is 38.8 Å². The first-order chi connectivity index (χ1) is 14.7. The average Bonchev–Trinajstić information content (AvgIpc) is 2.72. The van der Waals surface area contributed by atoms with Crippen LogP contribution in [0.2, 0.25) is 0 Å². The standard InChI is InChI=1S/C27H39NO3/c1-6-30-26(29)15-16-28(5)19-20-7-8-22-18-25(12-9-21(22)17-20)31-24-13-10-23(11-14-24)27(2,3)4/h7-9,12,17-18,23-24H,6,10-11,13-16,19H2,1-5H3. The van der Waals surface area contributed by atoms with Crippen LogP contribution in [0.3, 0.4) is 0 Å². The van der Waals surface area contributed by atoms with Crippen molar-refractivity contribution in [2.75, 3.05) is 20.2 Å². The van der Waals surface area contributed by atoms with Gasteiger partial charge in [0.25, 0.3) is 0 Å². The molecule has 0 bridgehead atoms. The molecule has 0 saturated heterocycles. The second-order valence-electron chi connectivity index (χ2n) is 10.1. The molecule has 170 valence electrons. The Morgan fingerprint density at radius 3 is 2.39 bits per heavy atom. The largest absolute Gasteiger partial charge is 0.490 e. The zero-order valence-corrected chi connectivity index (χ0v) is 19.9. The Labute approximate surface area is 187 Å². The van der Waals surface area contributed by atoms with Crippen LogP contribution in [0.15, 0.2) is 36.4 Å². The summed E-state index contributed by atoms with van der Waals surface area (Å²) in [5, 5.41) is 2.43. The van der Waals surface area contributed by atoms with E-state index in [9.17, 15) is 4.79 Å². The molecule has 0 atom stereocenters. The van der Waals surface area contributed by atoms with Crippen LogP contribution < -0.4 is 4.74 Å². The number of rotatable bonds is 8. The highest BCUT2D eigenvalue weighted by molar-refractivity contribution is 5.84. The second-order valence-corrected chi connectivity index (χ2v) is 10.1. The van der Waals surface area contributed by atoms with E-state index < -0.39 is 0 Å². The normalized spacial score (nSPS) is 19.5. The molecule has 4 heteroatoms. The molecule has 31 heavy (non-hydrogen) atoms. The Bertz CT molecular complexity index is 862. The van der Waals surface area contributed by atoms with Gasteiger partial charge in [0, 0.05) is 13.1 Å². The molecule has 1 aliphatic carbocycles. The molecule has 4 nitrogen and oxygen atoms in total. The summed E-state index contributed by atoms with van der Waals surface area (Å²) in [5.41, 5.74) is 1.64. The highest BCUT2D eigenvalue weighted by Gasteiger charge is 2.30. The van der Waals surface area contributed by atoms with Gasteiger partial charge in [-0.3, -0.25) is 4.79 Å². The molecule has 1 aliphatic rings. The molecule has 3 rings (SSSR count). The molecule has 0 unspecified atom stereocenters. The van der Waals surface area contributed by atoms with Gasteiger partial charge >= 0.3 is 5.97 Å². The molecule has 0 aliphatic heterocycles. The van der Waals surface area contributed by atoms with E-state index >= 15 is 0 Å². The van der Waals surface area contributed by atoms with Crippen molar-refractivity contribution in [1.29, 1.82) is 0 Å². The molecule has 0 heterocycles. The first-order valence-electron chi connectivity index (χ1n) is 11.8. The van der Waals surface area contributed by atoms with E-state index in [0.717, 1.165) is 31.1 Å². The van der Waals surface area contributed by atoms with E-state index in [2.05, 4.69) is 62.1 Å². The van der Waals surface area contributed by atoms with Crippen molar-refractivity contribution in [1.82, 2.24) is 4.90 Å². The van der Waals surface area contributed by atoms with Crippen molar-refractivity contribution in [3.63, 3.8) is 0 Å². The van der Waals surface area contributed by atoms with Crippen LogP contribution in [0.5, 0.6) is 5.75 Å². The summed E-state index contributed by atoms with van der Waals surface area (Å²) in [7, 11) is 2.04. The Hall–Kier alpha value is -2.07. The van der Waals surface area contributed by atoms with Crippen molar-refractivity contribution < 1.29 is 14.3 Å². The smallest absolute Gasteiger partial charge is 0.307 e. The van der Waals surface area contributed by atoms with Gasteiger partial charge in [-0.1, -0.05) is 39.0 Å². The van der Waals surface area contributed by atoms with Crippen molar-refractivity contribution >= 4 is 16.7 Å². The SMILES string of the molecule is CCOC(=O)CCN(C)Cc1ccc2cc(OC3CCC(C(C)(C)C)CC3)ccc2c1. The number of hydrogen-bond acceptors (Lipinski definition) is 4. The first kappa shape index (κ1) is 23.6. The molecule has 0 N–H and O–H groups in total. The third kappa shape index (κ3) is 6.96. The van der Waals surface area contributed by atoms with Crippen LogP contribution in [0.25, 0.3) is 10.8 Å². The highest BCUT2D eigenvalue weighted by atomic mass is 16.5. The van der Waals surface area contributed by atoms with Crippen molar-refractivity contribution in [2.24, 2.45) is 11.3 Å². The van der Waals surface area contributed by atoms with Crippen LogP contribution in [-0.4, -0.2) is 37.2 Å². The fourth-order valence-corrected chi connectivity index (χ4v) is 4.59. The fraction of sp³-hybridized carbons (Fsp3) is 0.593. The number of fused-ring (bicyclic) bond motifs is 1. The molecule has 0 spiro atoms. The van der Waals surface area contributed by atoms with Gasteiger partial charge in [-0.15, -0.1) is 0 Å². The average molecular weight is 426 g/mol. The third-order valence-corrected chi connectivity index (χ3v) is 6.53. The number of esters is 1. The minimum absolute atomic E-state index is 0.132. The zero-order valence-electron chi connectivity index (χ0n) is 19.9. The summed E-state index contributed by atoms with van der Waals surface area (Å²) in [5.74, 6) is 1.65. The predicted molar refractivity (Wildman–Crippen MR) is 127 cm³/mol. The zero-order chi connectivity index (χ0) is 22.4. The number of hydrogen-bond donors (Lipinski definition) is 0. The summed E-state index contributed by atoms with van der Waals surface area (Å²) in [6, 6.07) is 13.0. The minimum atomic E-state index is -0.132. The van der Waals surface area contributed by atoms with E-state index in [1.807, 2.05) is 14.0 Å². The lowest BCUT2D eigenvalue weighted by molar-refractivity contribution is -0.143.